The second kappa shape index (κ2) is 5.52. The quantitative estimate of drug-likeness (QED) is 0.932. The summed E-state index contributed by atoms with van der Waals surface area (Å²) in [5.41, 5.74) is 3.48. The van der Waals surface area contributed by atoms with Gasteiger partial charge in [-0.25, -0.2) is 9.78 Å². The topological polar surface area (TPSA) is 66.3 Å². The molecular weight excluding hydrogens is 266 g/mol. The van der Waals surface area contributed by atoms with E-state index < -0.39 is 5.97 Å². The van der Waals surface area contributed by atoms with Gasteiger partial charge >= 0.3 is 5.97 Å². The zero-order valence-electron chi connectivity index (χ0n) is 11.9. The van der Waals surface area contributed by atoms with Crippen LogP contribution in [-0.4, -0.2) is 28.1 Å². The van der Waals surface area contributed by atoms with Crippen LogP contribution in [0, 0.1) is 0 Å². The third kappa shape index (κ3) is 2.72. The van der Waals surface area contributed by atoms with Crippen LogP contribution in [0.25, 0.3) is 0 Å². The number of hydrogen-bond acceptors (Lipinski definition) is 4. The highest BCUT2D eigenvalue weighted by atomic mass is 16.4. The van der Waals surface area contributed by atoms with E-state index in [9.17, 15) is 9.90 Å². The first-order valence-corrected chi connectivity index (χ1v) is 7.01. The van der Waals surface area contributed by atoms with Gasteiger partial charge in [-0.15, -0.1) is 0 Å². The molecule has 5 heteroatoms. The number of pyridine rings is 2. The van der Waals surface area contributed by atoms with Gasteiger partial charge in [0.1, 0.15) is 11.4 Å². The van der Waals surface area contributed by atoms with Crippen LogP contribution in [0.1, 0.15) is 33.6 Å². The van der Waals surface area contributed by atoms with Crippen molar-refractivity contribution in [2.75, 3.05) is 11.9 Å². The lowest BCUT2D eigenvalue weighted by molar-refractivity contribution is 0.0697. The molecule has 0 bridgehead atoms. The highest BCUT2D eigenvalue weighted by Gasteiger charge is 2.21. The summed E-state index contributed by atoms with van der Waals surface area (Å²) in [5, 5.41) is 9.44. The maximum absolute atomic E-state index is 11.5. The fourth-order valence-electron chi connectivity index (χ4n) is 2.75. The van der Waals surface area contributed by atoms with Gasteiger partial charge < -0.3 is 10.0 Å². The molecule has 5 nitrogen and oxygen atoms in total. The lowest BCUT2D eigenvalue weighted by Gasteiger charge is -2.21. The number of aryl methyl sites for hydroxylation is 2. The molecule has 0 aliphatic heterocycles. The molecule has 0 atom stereocenters. The Morgan fingerprint density at radius 3 is 2.81 bits per heavy atom. The monoisotopic (exact) mass is 283 g/mol. The highest BCUT2D eigenvalue weighted by Crippen LogP contribution is 2.27. The van der Waals surface area contributed by atoms with E-state index in [2.05, 4.69) is 9.97 Å². The largest absolute Gasteiger partial charge is 0.478 e. The molecule has 0 saturated carbocycles. The van der Waals surface area contributed by atoms with Crippen LogP contribution >= 0.6 is 0 Å². The maximum atomic E-state index is 11.5. The second-order valence-corrected chi connectivity index (χ2v) is 5.34. The smallest absolute Gasteiger partial charge is 0.339 e. The van der Waals surface area contributed by atoms with Gasteiger partial charge in [0.05, 0.1) is 0 Å². The van der Waals surface area contributed by atoms with E-state index in [1.165, 1.54) is 0 Å². The van der Waals surface area contributed by atoms with Gasteiger partial charge in [-0.3, -0.25) is 4.98 Å². The molecule has 0 aromatic carbocycles. The van der Waals surface area contributed by atoms with Crippen molar-refractivity contribution in [2.45, 2.75) is 25.8 Å². The summed E-state index contributed by atoms with van der Waals surface area (Å²) >= 11 is 0. The number of aromatic nitrogens is 2. The van der Waals surface area contributed by atoms with Gasteiger partial charge in [0, 0.05) is 31.7 Å². The summed E-state index contributed by atoms with van der Waals surface area (Å²) in [7, 11) is 1.87. The van der Waals surface area contributed by atoms with Gasteiger partial charge in [0.25, 0.3) is 0 Å². The Morgan fingerprint density at radius 1 is 1.33 bits per heavy atom. The summed E-state index contributed by atoms with van der Waals surface area (Å²) < 4.78 is 0. The van der Waals surface area contributed by atoms with Crippen LogP contribution in [-0.2, 0) is 19.4 Å². The van der Waals surface area contributed by atoms with E-state index in [1.807, 2.05) is 24.1 Å². The molecule has 0 unspecified atom stereocenters. The number of rotatable bonds is 4. The number of anilines is 1. The number of nitrogens with zero attached hydrogens (tertiary/aromatic N) is 3. The summed E-state index contributed by atoms with van der Waals surface area (Å²) in [6.45, 7) is 0.606. The van der Waals surface area contributed by atoms with Crippen LogP contribution in [0.2, 0.25) is 0 Å². The van der Waals surface area contributed by atoms with Crippen molar-refractivity contribution in [3.63, 3.8) is 0 Å². The Hall–Kier alpha value is -2.43. The molecule has 0 saturated heterocycles. The zero-order chi connectivity index (χ0) is 14.8. The third-order valence-electron chi connectivity index (χ3n) is 3.79. The molecule has 2 aromatic rings. The van der Waals surface area contributed by atoms with Crippen LogP contribution in [0.3, 0.4) is 0 Å². The van der Waals surface area contributed by atoms with E-state index >= 15 is 0 Å². The fourth-order valence-corrected chi connectivity index (χ4v) is 2.75. The molecule has 0 radical (unpaired) electrons. The second-order valence-electron chi connectivity index (χ2n) is 5.34. The number of fused-ring (bicyclic) bond motifs is 1. The predicted octanol–water partition coefficient (Wildman–Crippen LogP) is 2.30. The van der Waals surface area contributed by atoms with E-state index in [-0.39, 0.29) is 5.56 Å². The Morgan fingerprint density at radius 2 is 2.10 bits per heavy atom. The van der Waals surface area contributed by atoms with Crippen LogP contribution in [0.15, 0.2) is 30.6 Å². The van der Waals surface area contributed by atoms with Gasteiger partial charge in [0.15, 0.2) is 0 Å². The predicted molar refractivity (Wildman–Crippen MR) is 79.6 cm³/mol. The third-order valence-corrected chi connectivity index (χ3v) is 3.79. The molecular formula is C16H17N3O2. The average Bonchev–Trinajstić information content (AvgIpc) is 2.94. The van der Waals surface area contributed by atoms with Crippen molar-refractivity contribution in [1.29, 1.82) is 0 Å². The lowest BCUT2D eigenvalue weighted by atomic mass is 10.1. The molecule has 1 aliphatic rings. The normalized spacial score (nSPS) is 13.0. The first-order chi connectivity index (χ1) is 10.1. The molecule has 1 N–H and O–H groups in total. The van der Waals surface area contributed by atoms with E-state index in [4.69, 9.17) is 0 Å². The van der Waals surface area contributed by atoms with Crippen LogP contribution in [0.4, 0.5) is 5.82 Å². The Kier molecular flexibility index (Phi) is 3.56. The number of hydrogen-bond donors (Lipinski definition) is 1. The van der Waals surface area contributed by atoms with Gasteiger partial charge in [-0.1, -0.05) is 0 Å². The summed E-state index contributed by atoms with van der Waals surface area (Å²) in [6.07, 6.45) is 6.38. The lowest BCUT2D eigenvalue weighted by Crippen LogP contribution is -2.21. The van der Waals surface area contributed by atoms with Crippen molar-refractivity contribution < 1.29 is 9.90 Å². The molecule has 2 aromatic heterocycles. The summed E-state index contributed by atoms with van der Waals surface area (Å²) in [6, 6.07) is 5.63. The van der Waals surface area contributed by atoms with Gasteiger partial charge in [-0.2, -0.15) is 0 Å². The van der Waals surface area contributed by atoms with Crippen molar-refractivity contribution in [2.24, 2.45) is 0 Å². The van der Waals surface area contributed by atoms with E-state index in [0.29, 0.717) is 12.4 Å². The van der Waals surface area contributed by atoms with E-state index in [0.717, 1.165) is 36.1 Å². The molecule has 1 aliphatic carbocycles. The highest BCUT2D eigenvalue weighted by molar-refractivity contribution is 5.93. The van der Waals surface area contributed by atoms with Crippen molar-refractivity contribution >= 4 is 11.8 Å². The SMILES string of the molecule is CN(Cc1ccncc1)c1nc2c(cc1C(=O)O)CCC2. The van der Waals surface area contributed by atoms with Crippen molar-refractivity contribution in [3.8, 4) is 0 Å². The van der Waals surface area contributed by atoms with E-state index in [1.54, 1.807) is 18.5 Å². The van der Waals surface area contributed by atoms with Crippen molar-refractivity contribution in [3.05, 3.63) is 53.0 Å². The molecule has 0 amide bonds. The number of carbonyl (C=O) groups is 1. The molecule has 21 heavy (non-hydrogen) atoms. The minimum atomic E-state index is -0.922. The number of carboxylic acid groups (broad SMARTS) is 1. The molecule has 108 valence electrons. The van der Waals surface area contributed by atoms with Crippen LogP contribution in [0.5, 0.6) is 0 Å². The summed E-state index contributed by atoms with van der Waals surface area (Å²) in [4.78, 5) is 22.0. The van der Waals surface area contributed by atoms with Gasteiger partial charge in [0.2, 0.25) is 0 Å². The van der Waals surface area contributed by atoms with Gasteiger partial charge in [-0.05, 0) is 48.6 Å². The van der Waals surface area contributed by atoms with Crippen molar-refractivity contribution in [1.82, 2.24) is 9.97 Å². The standard InChI is InChI=1S/C16H17N3O2/c1-19(10-11-5-7-17-8-6-11)15-13(16(20)21)9-12-3-2-4-14(12)18-15/h5-9H,2-4,10H2,1H3,(H,20,21). The molecule has 0 fully saturated rings. The molecule has 0 spiro atoms. The Bertz CT molecular complexity index is 671. The number of aromatic carboxylic acids is 1. The Labute approximate surface area is 123 Å². The minimum absolute atomic E-state index is 0.284. The summed E-state index contributed by atoms with van der Waals surface area (Å²) in [5.74, 6) is -0.381. The number of carboxylic acids is 1. The zero-order valence-corrected chi connectivity index (χ0v) is 11.9. The fraction of sp³-hybridized carbons (Fsp3) is 0.312. The first-order valence-electron chi connectivity index (χ1n) is 7.01. The molecule has 3 rings (SSSR count). The molecule has 2 heterocycles. The maximum Gasteiger partial charge on any atom is 0.339 e. The Balaban J connectivity index is 1.95. The van der Waals surface area contributed by atoms with Crippen LogP contribution < -0.4 is 4.90 Å². The first kappa shape index (κ1) is 13.5. The minimum Gasteiger partial charge on any atom is -0.478 e. The average molecular weight is 283 g/mol.